The average Bonchev–Trinajstić information content (AvgIpc) is 3.47. The van der Waals surface area contributed by atoms with Gasteiger partial charge in [-0.3, -0.25) is 14.6 Å². The van der Waals surface area contributed by atoms with Gasteiger partial charge in [0.15, 0.2) is 24.8 Å². The number of pyridine rings is 3. The molecule has 2 aromatic carbocycles. The molecule has 1 amide bonds. The maximum atomic E-state index is 12.9. The van der Waals surface area contributed by atoms with Crippen molar-refractivity contribution in [2.45, 2.75) is 44.2 Å². The van der Waals surface area contributed by atoms with Crippen LogP contribution in [0.4, 0.5) is 0 Å². The van der Waals surface area contributed by atoms with Crippen molar-refractivity contribution in [3.63, 3.8) is 0 Å². The van der Waals surface area contributed by atoms with Crippen molar-refractivity contribution in [2.24, 2.45) is 0 Å². The fourth-order valence-electron chi connectivity index (χ4n) is 8.85. The van der Waals surface area contributed by atoms with E-state index in [9.17, 15) is 20.4 Å². The summed E-state index contributed by atoms with van der Waals surface area (Å²) < 4.78 is 2.77. The van der Waals surface area contributed by atoms with Crippen molar-refractivity contribution in [1.29, 1.82) is 0 Å². The van der Waals surface area contributed by atoms with Crippen molar-refractivity contribution in [3.8, 4) is 0 Å². The number of piperazine rings is 2. The molecule has 290 valence electrons. The minimum Gasteiger partial charge on any atom is -0.619 e. The second kappa shape index (κ2) is 16.8. The van der Waals surface area contributed by atoms with E-state index in [4.69, 9.17) is 23.2 Å². The number of aryl methyl sites for hydroxylation is 4. The highest BCUT2D eigenvalue weighted by atomic mass is 35.5. The van der Waals surface area contributed by atoms with Gasteiger partial charge in [-0.2, -0.15) is 14.2 Å². The van der Waals surface area contributed by atoms with Crippen molar-refractivity contribution >= 4 is 29.1 Å². The minimum atomic E-state index is -0.181. The minimum absolute atomic E-state index is 0.00758. The molecule has 0 saturated carbocycles. The summed E-state index contributed by atoms with van der Waals surface area (Å²) in [5.41, 5.74) is 9.32. The van der Waals surface area contributed by atoms with Crippen LogP contribution in [0.2, 0.25) is 10.0 Å². The lowest BCUT2D eigenvalue weighted by molar-refractivity contribution is -0.617. The van der Waals surface area contributed by atoms with Gasteiger partial charge in [-0.15, -0.1) is 0 Å². The molecule has 0 spiro atoms. The van der Waals surface area contributed by atoms with Gasteiger partial charge in [-0.25, -0.2) is 0 Å². The maximum absolute atomic E-state index is 12.9. The van der Waals surface area contributed by atoms with Gasteiger partial charge in [0.05, 0.1) is 6.42 Å². The third-order valence-electron chi connectivity index (χ3n) is 11.6. The Labute approximate surface area is 337 Å². The Kier molecular flexibility index (Phi) is 11.4. The van der Waals surface area contributed by atoms with Crippen molar-refractivity contribution in [1.82, 2.24) is 20.0 Å². The van der Waals surface area contributed by atoms with E-state index >= 15 is 0 Å². The monoisotopic (exact) mass is 793 g/mol. The van der Waals surface area contributed by atoms with E-state index in [1.54, 1.807) is 30.6 Å². The van der Waals surface area contributed by atoms with Gasteiger partial charge in [0, 0.05) is 97.3 Å². The molecule has 2 aliphatic heterocycles. The smallest absolute Gasteiger partial charge is 0.227 e. The molecule has 2 unspecified atom stereocenters. The summed E-state index contributed by atoms with van der Waals surface area (Å²) in [5.74, 6) is 0.00758. The molecule has 3 aromatic heterocycles. The van der Waals surface area contributed by atoms with Crippen LogP contribution in [0.3, 0.4) is 0 Å². The Morgan fingerprint density at radius 3 is 1.68 bits per heavy atom. The predicted octanol–water partition coefficient (Wildman–Crippen LogP) is 4.25. The number of rotatable bonds is 4. The van der Waals surface area contributed by atoms with Crippen molar-refractivity contribution in [2.75, 3.05) is 52.4 Å². The molecule has 0 radical (unpaired) electrons. The molecule has 56 heavy (non-hydrogen) atoms. The number of amides is 1. The van der Waals surface area contributed by atoms with Crippen LogP contribution in [0, 0.1) is 15.6 Å². The molecular weight excluding hydrogens is 749 g/mol. The van der Waals surface area contributed by atoms with Gasteiger partial charge in [0.1, 0.15) is 12.1 Å². The molecule has 11 nitrogen and oxygen atoms in total. The second-order valence-corrected chi connectivity index (χ2v) is 15.8. The van der Waals surface area contributed by atoms with Gasteiger partial charge in [-0.1, -0.05) is 35.3 Å². The van der Waals surface area contributed by atoms with Crippen molar-refractivity contribution in [3.05, 3.63) is 174 Å². The van der Waals surface area contributed by atoms with Crippen LogP contribution in [0.15, 0.2) is 97.6 Å². The number of carbonyl (C=O) groups excluding carboxylic acids is 1. The number of hydrogen-bond donors (Lipinski definition) is 1. The highest BCUT2D eigenvalue weighted by molar-refractivity contribution is 6.31. The summed E-state index contributed by atoms with van der Waals surface area (Å²) in [5, 5.41) is 41.9. The lowest BCUT2D eigenvalue weighted by Gasteiger charge is -2.39. The van der Waals surface area contributed by atoms with E-state index in [0.29, 0.717) is 41.5 Å². The zero-order chi connectivity index (χ0) is 38.8. The molecule has 5 aromatic rings. The summed E-state index contributed by atoms with van der Waals surface area (Å²) in [6, 6.07) is 23.1. The highest BCUT2D eigenvalue weighted by Gasteiger charge is 2.38. The molecule has 1 N–H and O–H groups in total. The lowest BCUT2D eigenvalue weighted by atomic mass is 9.96. The number of aromatic nitrogens is 3. The number of benzene rings is 2. The number of fused-ring (bicyclic) bond motifs is 4. The third kappa shape index (κ3) is 8.05. The summed E-state index contributed by atoms with van der Waals surface area (Å²) in [7, 11) is 0. The number of nitrogens with zero attached hydrogens (tertiary/aromatic N) is 6. The van der Waals surface area contributed by atoms with Crippen LogP contribution in [0.25, 0.3) is 0 Å². The molecule has 2 aliphatic carbocycles. The zero-order valence-electron chi connectivity index (χ0n) is 31.2. The van der Waals surface area contributed by atoms with E-state index in [1.165, 1.54) is 23.5 Å². The van der Waals surface area contributed by atoms with Gasteiger partial charge in [0.2, 0.25) is 17.3 Å². The van der Waals surface area contributed by atoms with E-state index in [2.05, 4.69) is 33.3 Å². The summed E-state index contributed by atoms with van der Waals surface area (Å²) in [6.07, 6.45) is 9.66. The molecule has 4 aliphatic rings. The first-order valence-electron chi connectivity index (χ1n) is 19.4. The quantitative estimate of drug-likeness (QED) is 0.214. The predicted molar refractivity (Wildman–Crippen MR) is 214 cm³/mol. The van der Waals surface area contributed by atoms with Gasteiger partial charge < -0.3 is 25.8 Å². The molecule has 0 bridgehead atoms. The van der Waals surface area contributed by atoms with Crippen LogP contribution in [-0.4, -0.2) is 73.0 Å². The lowest BCUT2D eigenvalue weighted by Crippen LogP contribution is -2.52. The Balaban J connectivity index is 0.000000168. The average molecular weight is 795 g/mol. The fourth-order valence-corrected chi connectivity index (χ4v) is 9.24. The maximum Gasteiger partial charge on any atom is 0.227 e. The highest BCUT2D eigenvalue weighted by Crippen LogP contribution is 2.38. The Hall–Kier alpha value is -4.78. The standard InChI is InChI=1S/C25H25ClN4O3.C18H20ClN3O/c26-21-7-8-22-20(16-21)6-5-19-4-2-10-30(33)24(19)25(22)28-13-11-27(12-14-28)23(31)15-18-3-1-9-29(32)17-18;19-15-5-6-16-14(12-15)4-3-13-2-1-9-22(23)17(13)18(16)21-10-7-20-8-11-21/h1-4,7-10,16-17,25H,5-6,11-15H2;1-2,5-6,9,12,18,20H,3-4,7-8,10-11H2. The molecule has 9 rings (SSSR count). The first kappa shape index (κ1) is 38.1. The summed E-state index contributed by atoms with van der Waals surface area (Å²) in [6.45, 7) is 6.27. The third-order valence-corrected chi connectivity index (χ3v) is 12.0. The first-order chi connectivity index (χ1) is 27.2. The Morgan fingerprint density at radius 2 is 1.14 bits per heavy atom. The Morgan fingerprint density at radius 1 is 0.643 bits per heavy atom. The van der Waals surface area contributed by atoms with Crippen LogP contribution in [0.5, 0.6) is 0 Å². The summed E-state index contributed by atoms with van der Waals surface area (Å²) in [4.78, 5) is 19.4. The van der Waals surface area contributed by atoms with Gasteiger partial charge in [-0.05, 0) is 90.4 Å². The van der Waals surface area contributed by atoms with E-state index in [1.807, 2.05) is 41.3 Å². The van der Waals surface area contributed by atoms with E-state index in [-0.39, 0.29) is 24.4 Å². The van der Waals surface area contributed by atoms with E-state index < -0.39 is 0 Å². The largest absolute Gasteiger partial charge is 0.619 e. The first-order valence-corrected chi connectivity index (χ1v) is 20.1. The SMILES string of the molecule is O=C(Cc1ccc[n+]([O-])c1)N1CCN(C2c3ccc(Cl)cc3CCc3ccc[n+]([O-])c32)CC1.[O-][n+]1cccc2c1C(N1CCNCC1)c1ccc(Cl)cc1CC2. The fraction of sp³-hybridized carbons (Fsp3) is 0.349. The topological polar surface area (TPSA) is 120 Å². The van der Waals surface area contributed by atoms with Crippen LogP contribution in [0.1, 0.15) is 62.4 Å². The normalized spacial score (nSPS) is 19.6. The number of hydrogen-bond acceptors (Lipinski definition) is 7. The molecule has 2 atom stereocenters. The molecular formula is C43H45Cl2N7O4. The number of carbonyl (C=O) groups is 1. The van der Waals surface area contributed by atoms with Crippen LogP contribution < -0.4 is 19.5 Å². The molecule has 5 heterocycles. The molecule has 2 saturated heterocycles. The molecule has 13 heteroatoms. The van der Waals surface area contributed by atoms with Crippen LogP contribution >= 0.6 is 23.2 Å². The number of halogens is 2. The summed E-state index contributed by atoms with van der Waals surface area (Å²) >= 11 is 12.5. The second-order valence-electron chi connectivity index (χ2n) is 14.9. The molecule has 2 fully saturated rings. The Bertz CT molecular complexity index is 2230. The number of nitrogens with one attached hydrogen (secondary N) is 1. The van der Waals surface area contributed by atoms with Crippen LogP contribution in [-0.2, 0) is 36.9 Å². The van der Waals surface area contributed by atoms with E-state index in [0.717, 1.165) is 100.0 Å². The van der Waals surface area contributed by atoms with Gasteiger partial charge >= 0.3 is 0 Å². The van der Waals surface area contributed by atoms with Crippen molar-refractivity contribution < 1.29 is 19.0 Å². The van der Waals surface area contributed by atoms with Gasteiger partial charge in [0.25, 0.3) is 0 Å². The zero-order valence-corrected chi connectivity index (χ0v) is 32.7.